The average molecular weight is 372 g/mol. The van der Waals surface area contributed by atoms with Crippen molar-refractivity contribution in [2.45, 2.75) is 62.2 Å². The first-order chi connectivity index (χ1) is 10.5. The second-order valence-corrected chi connectivity index (χ2v) is 14.0. The van der Waals surface area contributed by atoms with Gasteiger partial charge in [0.15, 0.2) is 8.32 Å². The second kappa shape index (κ2) is 6.79. The van der Waals surface area contributed by atoms with Gasteiger partial charge in [0.25, 0.3) is 0 Å². The Hall–Kier alpha value is -0.493. The number of halogens is 1. The highest BCUT2D eigenvalue weighted by molar-refractivity contribution is 8.00. The Morgan fingerprint density at radius 2 is 1.83 bits per heavy atom. The number of carbonyl (C=O) groups is 1. The maximum atomic E-state index is 12.1. The molecule has 6 heteroatoms. The molecule has 1 aliphatic heterocycles. The first-order valence-electron chi connectivity index (χ1n) is 7.92. The summed E-state index contributed by atoms with van der Waals surface area (Å²) >= 11 is 7.58. The standard InChI is InChI=1S/C17H26ClNO2SSi/c1-11(21-23(5,6)17(2,3)4)14-15(20)19-16(14)22-13-9-7-12(18)8-10-13/h7-11,14,16H,1-6H3,(H,19,20)/t11-,14+,16-/m1/s1. The minimum atomic E-state index is -1.88. The zero-order valence-corrected chi connectivity index (χ0v) is 17.2. The van der Waals surface area contributed by atoms with E-state index in [1.165, 1.54) is 0 Å². The molecule has 3 nitrogen and oxygen atoms in total. The lowest BCUT2D eigenvalue weighted by molar-refractivity contribution is -0.136. The lowest BCUT2D eigenvalue weighted by Gasteiger charge is -2.45. The van der Waals surface area contributed by atoms with Gasteiger partial charge in [0.2, 0.25) is 5.91 Å². The molecule has 1 saturated heterocycles. The third kappa shape index (κ3) is 4.32. The van der Waals surface area contributed by atoms with Gasteiger partial charge in [0.1, 0.15) is 0 Å². The van der Waals surface area contributed by atoms with Crippen LogP contribution in [0.5, 0.6) is 0 Å². The number of rotatable bonds is 5. The molecule has 1 amide bonds. The lowest BCUT2D eigenvalue weighted by Crippen LogP contribution is -2.62. The van der Waals surface area contributed by atoms with Crippen molar-refractivity contribution in [3.63, 3.8) is 0 Å². The molecule has 0 unspecified atom stereocenters. The fourth-order valence-corrected chi connectivity index (χ4v) is 5.11. The summed E-state index contributed by atoms with van der Waals surface area (Å²) in [5, 5.41) is 3.91. The molecule has 1 aromatic carbocycles. The van der Waals surface area contributed by atoms with E-state index in [0.717, 1.165) is 9.92 Å². The molecule has 0 spiro atoms. The topological polar surface area (TPSA) is 38.3 Å². The van der Waals surface area contributed by atoms with Crippen molar-refractivity contribution in [2.75, 3.05) is 0 Å². The maximum Gasteiger partial charge on any atom is 0.229 e. The minimum Gasteiger partial charge on any atom is -0.413 e. The van der Waals surface area contributed by atoms with Crippen molar-refractivity contribution >= 4 is 37.6 Å². The van der Waals surface area contributed by atoms with Crippen molar-refractivity contribution in [3.05, 3.63) is 29.3 Å². The van der Waals surface area contributed by atoms with Crippen LogP contribution in [0.1, 0.15) is 27.7 Å². The number of amides is 1. The molecule has 1 aromatic rings. The van der Waals surface area contributed by atoms with Gasteiger partial charge < -0.3 is 9.74 Å². The van der Waals surface area contributed by atoms with Crippen molar-refractivity contribution in [1.29, 1.82) is 0 Å². The summed E-state index contributed by atoms with van der Waals surface area (Å²) in [4.78, 5) is 13.2. The van der Waals surface area contributed by atoms with E-state index in [2.05, 4.69) is 39.2 Å². The van der Waals surface area contributed by atoms with Crippen LogP contribution in [-0.4, -0.2) is 25.7 Å². The number of carbonyl (C=O) groups excluding carboxylic acids is 1. The van der Waals surface area contributed by atoms with Gasteiger partial charge in [-0.3, -0.25) is 4.79 Å². The van der Waals surface area contributed by atoms with Gasteiger partial charge in [-0.25, -0.2) is 0 Å². The van der Waals surface area contributed by atoms with Gasteiger partial charge in [-0.2, -0.15) is 0 Å². The highest BCUT2D eigenvalue weighted by Gasteiger charge is 2.47. The molecule has 0 radical (unpaired) electrons. The fraction of sp³-hybridized carbons (Fsp3) is 0.588. The molecule has 1 N–H and O–H groups in total. The van der Waals surface area contributed by atoms with Crippen molar-refractivity contribution in [1.82, 2.24) is 5.32 Å². The molecule has 1 heterocycles. The molecule has 0 aromatic heterocycles. The van der Waals surface area contributed by atoms with Crippen LogP contribution in [0.2, 0.25) is 23.2 Å². The van der Waals surface area contributed by atoms with Gasteiger partial charge in [-0.15, -0.1) is 11.8 Å². The van der Waals surface area contributed by atoms with E-state index in [0.29, 0.717) is 0 Å². The quantitative estimate of drug-likeness (QED) is 0.590. The second-order valence-electron chi connectivity index (χ2n) is 7.61. The van der Waals surface area contributed by atoms with Crippen LogP contribution in [0.15, 0.2) is 29.2 Å². The van der Waals surface area contributed by atoms with Crippen molar-refractivity contribution < 1.29 is 9.22 Å². The summed E-state index contributed by atoms with van der Waals surface area (Å²) in [6.45, 7) is 13.1. The third-order valence-electron chi connectivity index (χ3n) is 4.78. The molecular formula is C17H26ClNO2SSi. The van der Waals surface area contributed by atoms with Gasteiger partial charge in [-0.05, 0) is 49.3 Å². The number of benzene rings is 1. The molecule has 1 aliphatic rings. The van der Waals surface area contributed by atoms with Gasteiger partial charge in [0, 0.05) is 9.92 Å². The third-order valence-corrected chi connectivity index (χ3v) is 10.8. The van der Waals surface area contributed by atoms with E-state index in [4.69, 9.17) is 16.0 Å². The Kier molecular flexibility index (Phi) is 5.56. The highest BCUT2D eigenvalue weighted by Crippen LogP contribution is 2.41. The monoisotopic (exact) mass is 371 g/mol. The zero-order chi connectivity index (χ0) is 17.4. The van der Waals surface area contributed by atoms with Gasteiger partial charge in [-0.1, -0.05) is 32.4 Å². The molecule has 1 fully saturated rings. The number of β-lactam (4-membered cyclic amide) rings is 1. The summed E-state index contributed by atoms with van der Waals surface area (Å²) in [6, 6.07) is 7.70. The van der Waals surface area contributed by atoms with E-state index < -0.39 is 8.32 Å². The van der Waals surface area contributed by atoms with Crippen molar-refractivity contribution in [2.24, 2.45) is 5.92 Å². The average Bonchev–Trinajstić information content (AvgIpc) is 2.38. The van der Waals surface area contributed by atoms with Crippen LogP contribution < -0.4 is 5.32 Å². The first-order valence-corrected chi connectivity index (χ1v) is 12.1. The Balaban J connectivity index is 2.02. The lowest BCUT2D eigenvalue weighted by atomic mass is 9.96. The zero-order valence-electron chi connectivity index (χ0n) is 14.6. The Labute approximate surface area is 149 Å². The predicted molar refractivity (Wildman–Crippen MR) is 100 cm³/mol. The molecule has 0 aliphatic carbocycles. The molecule has 3 atom stereocenters. The fourth-order valence-electron chi connectivity index (χ4n) is 2.30. The first kappa shape index (κ1) is 18.8. The Morgan fingerprint density at radius 1 is 1.26 bits per heavy atom. The van der Waals surface area contributed by atoms with Gasteiger partial charge in [0.05, 0.1) is 17.4 Å². The van der Waals surface area contributed by atoms with Crippen LogP contribution in [0.3, 0.4) is 0 Å². The smallest absolute Gasteiger partial charge is 0.229 e. The molecule has 0 bridgehead atoms. The molecule has 128 valence electrons. The van der Waals surface area contributed by atoms with E-state index in [1.54, 1.807) is 11.8 Å². The van der Waals surface area contributed by atoms with E-state index in [1.807, 2.05) is 31.2 Å². The number of hydrogen-bond donors (Lipinski definition) is 1. The van der Waals surface area contributed by atoms with Crippen LogP contribution in [0, 0.1) is 5.92 Å². The van der Waals surface area contributed by atoms with Crippen LogP contribution >= 0.6 is 23.4 Å². The summed E-state index contributed by atoms with van der Waals surface area (Å²) in [7, 11) is -1.88. The minimum absolute atomic E-state index is 0.0587. The largest absolute Gasteiger partial charge is 0.413 e. The Morgan fingerprint density at radius 3 is 2.30 bits per heavy atom. The molecule has 23 heavy (non-hydrogen) atoms. The van der Waals surface area contributed by atoms with Crippen molar-refractivity contribution in [3.8, 4) is 0 Å². The summed E-state index contributed by atoms with van der Waals surface area (Å²) in [5.74, 6) is -0.0209. The summed E-state index contributed by atoms with van der Waals surface area (Å²) < 4.78 is 6.41. The van der Waals surface area contributed by atoms with Crippen LogP contribution in [-0.2, 0) is 9.22 Å². The normalized spacial score (nSPS) is 23.2. The van der Waals surface area contributed by atoms with Crippen LogP contribution in [0.25, 0.3) is 0 Å². The SMILES string of the molecule is C[C@@H](O[Si](C)(C)C(C)(C)C)[C@H]1C(=O)N[C@@H]1Sc1ccc(Cl)cc1. The molecule has 2 rings (SSSR count). The predicted octanol–water partition coefficient (Wildman–Crippen LogP) is 4.91. The summed E-state index contributed by atoms with van der Waals surface area (Å²) in [5.41, 5.74) is 0. The van der Waals surface area contributed by atoms with E-state index >= 15 is 0 Å². The highest BCUT2D eigenvalue weighted by atomic mass is 35.5. The van der Waals surface area contributed by atoms with E-state index in [-0.39, 0.29) is 28.3 Å². The molecular weight excluding hydrogens is 346 g/mol. The molecule has 0 saturated carbocycles. The van der Waals surface area contributed by atoms with Gasteiger partial charge >= 0.3 is 0 Å². The number of nitrogens with one attached hydrogen (secondary N) is 1. The summed E-state index contributed by atoms with van der Waals surface area (Å²) in [6.07, 6.45) is -0.0746. The van der Waals surface area contributed by atoms with Crippen LogP contribution in [0.4, 0.5) is 0 Å². The van der Waals surface area contributed by atoms with E-state index in [9.17, 15) is 4.79 Å². The Bertz CT molecular complexity index is 571. The number of thioether (sulfide) groups is 1. The number of hydrogen-bond acceptors (Lipinski definition) is 3. The maximum absolute atomic E-state index is 12.1.